The Morgan fingerprint density at radius 1 is 1.29 bits per heavy atom. The number of nitrogens with zero attached hydrogens (tertiary/aromatic N) is 1. The molecular formula is C11H15NO4S. The largest absolute Gasteiger partial charge is 0.484 e. The zero-order valence-electron chi connectivity index (χ0n) is 10.0. The summed E-state index contributed by atoms with van der Waals surface area (Å²) in [4.78, 5) is 2.11. The molecule has 1 aliphatic heterocycles. The Balaban J connectivity index is 2.36. The highest BCUT2D eigenvalue weighted by Gasteiger charge is 2.23. The first-order chi connectivity index (χ1) is 7.88. The second kappa shape index (κ2) is 4.19. The van der Waals surface area contributed by atoms with E-state index in [2.05, 4.69) is 0 Å². The molecule has 0 aromatic heterocycles. The molecule has 1 aromatic carbocycles. The van der Waals surface area contributed by atoms with Crippen molar-refractivity contribution in [3.8, 4) is 11.5 Å². The van der Waals surface area contributed by atoms with Gasteiger partial charge in [0.1, 0.15) is 6.61 Å². The standard InChI is InChI=1S/C11H15NO4S/c1-12(2)11-7-15-9-5-4-8(17(3,13)14)6-10(9)16-11/h4-6,11H,7H2,1-3H3. The molecule has 0 saturated heterocycles. The van der Waals surface area contributed by atoms with Crippen LogP contribution in [-0.4, -0.2) is 46.5 Å². The van der Waals surface area contributed by atoms with Gasteiger partial charge in [-0.2, -0.15) is 0 Å². The highest BCUT2D eigenvalue weighted by atomic mass is 32.2. The van der Waals surface area contributed by atoms with Gasteiger partial charge in [-0.25, -0.2) is 8.42 Å². The van der Waals surface area contributed by atoms with E-state index in [1.165, 1.54) is 18.4 Å². The molecule has 0 fully saturated rings. The normalized spacial score (nSPS) is 19.4. The number of benzene rings is 1. The van der Waals surface area contributed by atoms with Gasteiger partial charge in [0.25, 0.3) is 0 Å². The predicted octanol–water partition coefficient (Wildman–Crippen LogP) is 0.749. The van der Waals surface area contributed by atoms with Gasteiger partial charge in [0.2, 0.25) is 0 Å². The molecule has 6 heteroatoms. The maximum absolute atomic E-state index is 11.4. The third-order valence-corrected chi connectivity index (χ3v) is 3.67. The number of hydrogen-bond acceptors (Lipinski definition) is 5. The van der Waals surface area contributed by atoms with Crippen LogP contribution in [0.3, 0.4) is 0 Å². The summed E-state index contributed by atoms with van der Waals surface area (Å²) < 4.78 is 34.0. The van der Waals surface area contributed by atoms with Crippen molar-refractivity contribution < 1.29 is 17.9 Å². The van der Waals surface area contributed by atoms with Crippen LogP contribution in [0.5, 0.6) is 11.5 Å². The molecule has 94 valence electrons. The van der Waals surface area contributed by atoms with Crippen LogP contribution in [0.15, 0.2) is 23.1 Å². The van der Waals surface area contributed by atoms with E-state index >= 15 is 0 Å². The SMILES string of the molecule is CN(C)C1COc2ccc(S(C)(=O)=O)cc2O1. The van der Waals surface area contributed by atoms with Crippen LogP contribution >= 0.6 is 0 Å². The minimum absolute atomic E-state index is 0.197. The van der Waals surface area contributed by atoms with E-state index in [1.807, 2.05) is 19.0 Å². The van der Waals surface area contributed by atoms with Crippen LogP contribution in [-0.2, 0) is 9.84 Å². The molecule has 1 aliphatic rings. The number of ether oxygens (including phenoxy) is 2. The van der Waals surface area contributed by atoms with Crippen LogP contribution in [0.2, 0.25) is 0 Å². The van der Waals surface area contributed by atoms with Crippen LogP contribution in [0.4, 0.5) is 0 Å². The quantitative estimate of drug-likeness (QED) is 0.782. The first-order valence-electron chi connectivity index (χ1n) is 5.18. The highest BCUT2D eigenvalue weighted by molar-refractivity contribution is 7.90. The van der Waals surface area contributed by atoms with Gasteiger partial charge in [-0.3, -0.25) is 4.90 Å². The number of likely N-dealkylation sites (N-methyl/N-ethyl adjacent to an activating group) is 1. The molecule has 1 heterocycles. The minimum Gasteiger partial charge on any atom is -0.484 e. The van der Waals surface area contributed by atoms with Gasteiger partial charge in [-0.15, -0.1) is 0 Å². The van der Waals surface area contributed by atoms with Crippen LogP contribution in [0.25, 0.3) is 0 Å². The molecule has 1 atom stereocenters. The predicted molar refractivity (Wildman–Crippen MR) is 63.1 cm³/mol. The second-order valence-electron chi connectivity index (χ2n) is 4.23. The number of fused-ring (bicyclic) bond motifs is 1. The first-order valence-corrected chi connectivity index (χ1v) is 7.07. The van der Waals surface area contributed by atoms with Gasteiger partial charge in [0.15, 0.2) is 27.6 Å². The third kappa shape index (κ3) is 2.53. The van der Waals surface area contributed by atoms with E-state index in [-0.39, 0.29) is 11.1 Å². The monoisotopic (exact) mass is 257 g/mol. The summed E-state index contributed by atoms with van der Waals surface area (Å²) in [6, 6.07) is 4.64. The van der Waals surface area contributed by atoms with Gasteiger partial charge in [-0.1, -0.05) is 0 Å². The van der Waals surface area contributed by atoms with Gasteiger partial charge in [0, 0.05) is 12.3 Å². The van der Waals surface area contributed by atoms with Crippen molar-refractivity contribution in [2.24, 2.45) is 0 Å². The zero-order valence-corrected chi connectivity index (χ0v) is 10.8. The Morgan fingerprint density at radius 3 is 2.59 bits per heavy atom. The van der Waals surface area contributed by atoms with Gasteiger partial charge < -0.3 is 9.47 Å². The minimum atomic E-state index is -3.22. The van der Waals surface area contributed by atoms with Gasteiger partial charge in [-0.05, 0) is 26.2 Å². The summed E-state index contributed by atoms with van der Waals surface area (Å²) in [6.07, 6.45) is 0.972. The van der Waals surface area contributed by atoms with Crippen LogP contribution in [0, 0.1) is 0 Å². The van der Waals surface area contributed by atoms with Crippen LogP contribution in [0.1, 0.15) is 0 Å². The molecule has 0 bridgehead atoms. The molecule has 5 nitrogen and oxygen atoms in total. The Kier molecular flexibility index (Phi) is 3.01. The number of rotatable bonds is 2. The summed E-state index contributed by atoms with van der Waals surface area (Å²) in [5, 5.41) is 0. The van der Waals surface area contributed by atoms with E-state index in [1.54, 1.807) is 6.07 Å². The molecule has 1 unspecified atom stereocenters. The number of sulfone groups is 1. The summed E-state index contributed by atoms with van der Waals surface area (Å²) in [6.45, 7) is 0.429. The van der Waals surface area contributed by atoms with Crippen molar-refractivity contribution in [1.29, 1.82) is 0 Å². The Bertz CT molecular complexity index is 524. The van der Waals surface area contributed by atoms with E-state index in [4.69, 9.17) is 9.47 Å². The lowest BCUT2D eigenvalue weighted by molar-refractivity contribution is -0.00220. The van der Waals surface area contributed by atoms with Gasteiger partial charge in [0.05, 0.1) is 4.90 Å². The smallest absolute Gasteiger partial charge is 0.186 e. The van der Waals surface area contributed by atoms with E-state index in [9.17, 15) is 8.42 Å². The Hall–Kier alpha value is -1.27. The maximum Gasteiger partial charge on any atom is 0.186 e. The molecule has 0 amide bonds. The lowest BCUT2D eigenvalue weighted by Gasteiger charge is -2.30. The Labute approximate surface area is 101 Å². The molecule has 1 aromatic rings. The third-order valence-electron chi connectivity index (χ3n) is 2.56. The summed E-state index contributed by atoms with van der Waals surface area (Å²) in [5.41, 5.74) is 0. The van der Waals surface area contributed by atoms with Gasteiger partial charge >= 0.3 is 0 Å². The molecule has 0 aliphatic carbocycles. The summed E-state index contributed by atoms with van der Waals surface area (Å²) in [5.74, 6) is 1.05. The highest BCUT2D eigenvalue weighted by Crippen LogP contribution is 2.34. The molecule has 0 spiro atoms. The van der Waals surface area contributed by atoms with Crippen molar-refractivity contribution in [3.63, 3.8) is 0 Å². The van der Waals surface area contributed by atoms with E-state index < -0.39 is 9.84 Å². The topological polar surface area (TPSA) is 55.8 Å². The average molecular weight is 257 g/mol. The molecule has 0 saturated carbocycles. The maximum atomic E-state index is 11.4. The van der Waals surface area contributed by atoms with E-state index in [0.29, 0.717) is 18.1 Å². The summed E-state index contributed by atoms with van der Waals surface area (Å²) >= 11 is 0. The van der Waals surface area contributed by atoms with Crippen LogP contribution < -0.4 is 9.47 Å². The number of hydrogen-bond donors (Lipinski definition) is 0. The molecular weight excluding hydrogens is 242 g/mol. The molecule has 2 rings (SSSR count). The molecule has 0 radical (unpaired) electrons. The molecule has 0 N–H and O–H groups in total. The second-order valence-corrected chi connectivity index (χ2v) is 6.24. The lowest BCUT2D eigenvalue weighted by Crippen LogP contribution is -2.41. The summed E-state index contributed by atoms with van der Waals surface area (Å²) in [7, 11) is 0.526. The Morgan fingerprint density at radius 2 is 2.00 bits per heavy atom. The molecule has 17 heavy (non-hydrogen) atoms. The van der Waals surface area contributed by atoms with E-state index in [0.717, 1.165) is 0 Å². The fourth-order valence-corrected chi connectivity index (χ4v) is 2.16. The first kappa shape index (κ1) is 12.2. The van der Waals surface area contributed by atoms with Crippen molar-refractivity contribution in [1.82, 2.24) is 4.90 Å². The van der Waals surface area contributed by atoms with Crippen molar-refractivity contribution in [2.75, 3.05) is 27.0 Å². The van der Waals surface area contributed by atoms with Crippen molar-refractivity contribution in [2.45, 2.75) is 11.1 Å². The fraction of sp³-hybridized carbons (Fsp3) is 0.455. The van der Waals surface area contributed by atoms with Crippen molar-refractivity contribution in [3.05, 3.63) is 18.2 Å². The van der Waals surface area contributed by atoms with Crippen molar-refractivity contribution >= 4 is 9.84 Å². The fourth-order valence-electron chi connectivity index (χ4n) is 1.53. The zero-order chi connectivity index (χ0) is 12.6. The average Bonchev–Trinajstić information content (AvgIpc) is 2.26. The lowest BCUT2D eigenvalue weighted by atomic mass is 10.3.